The van der Waals surface area contributed by atoms with E-state index in [0.29, 0.717) is 0 Å². The number of fused-ring (bicyclic) bond motifs is 1. The van der Waals surface area contributed by atoms with Crippen molar-refractivity contribution in [3.8, 4) is 5.75 Å². The van der Waals surface area contributed by atoms with Gasteiger partial charge in [-0.15, -0.1) is 0 Å². The Morgan fingerprint density at radius 2 is 2.25 bits per heavy atom. The van der Waals surface area contributed by atoms with Crippen molar-refractivity contribution in [1.82, 2.24) is 9.88 Å². The molecule has 0 saturated carbocycles. The Morgan fingerprint density at radius 3 is 2.95 bits per heavy atom. The Bertz CT molecular complexity index is 590. The summed E-state index contributed by atoms with van der Waals surface area (Å²) in [4.78, 5) is 6.00. The minimum Gasteiger partial charge on any atom is -0.497 e. The van der Waals surface area contributed by atoms with E-state index in [1.807, 2.05) is 6.07 Å². The maximum absolute atomic E-state index is 5.33. The summed E-state index contributed by atoms with van der Waals surface area (Å²) in [7, 11) is 1.72. The van der Waals surface area contributed by atoms with Gasteiger partial charge in [-0.3, -0.25) is 4.90 Å². The van der Waals surface area contributed by atoms with Gasteiger partial charge in [-0.05, 0) is 49.9 Å². The van der Waals surface area contributed by atoms with E-state index in [1.54, 1.807) is 7.11 Å². The highest BCUT2D eigenvalue weighted by molar-refractivity contribution is 5.84. The van der Waals surface area contributed by atoms with Crippen LogP contribution in [0.1, 0.15) is 32.3 Å². The van der Waals surface area contributed by atoms with Crippen LogP contribution in [0.15, 0.2) is 24.4 Å². The molecule has 20 heavy (non-hydrogen) atoms. The Hall–Kier alpha value is -1.48. The van der Waals surface area contributed by atoms with E-state index in [1.165, 1.54) is 29.3 Å². The monoisotopic (exact) mass is 272 g/mol. The van der Waals surface area contributed by atoms with Gasteiger partial charge >= 0.3 is 0 Å². The van der Waals surface area contributed by atoms with Crippen molar-refractivity contribution in [2.24, 2.45) is 0 Å². The van der Waals surface area contributed by atoms with Crippen LogP contribution in [0.25, 0.3) is 10.9 Å². The van der Waals surface area contributed by atoms with Crippen molar-refractivity contribution < 1.29 is 4.74 Å². The van der Waals surface area contributed by atoms with Crippen LogP contribution >= 0.6 is 0 Å². The molecule has 1 aromatic heterocycles. The molecular weight excluding hydrogens is 248 g/mol. The fourth-order valence-electron chi connectivity index (χ4n) is 3.43. The minimum absolute atomic E-state index is 0.750. The second-order valence-corrected chi connectivity index (χ2v) is 5.86. The van der Waals surface area contributed by atoms with Crippen molar-refractivity contribution in [2.45, 2.75) is 45.2 Å². The molecule has 108 valence electrons. The summed E-state index contributed by atoms with van der Waals surface area (Å²) in [6.07, 6.45) is 5.88. The molecule has 3 rings (SSSR count). The third-order valence-corrected chi connectivity index (χ3v) is 4.73. The van der Waals surface area contributed by atoms with E-state index >= 15 is 0 Å². The van der Waals surface area contributed by atoms with E-state index < -0.39 is 0 Å². The molecule has 2 heterocycles. The Balaban J connectivity index is 1.74. The molecule has 1 N–H and O–H groups in total. The molecule has 0 aliphatic carbocycles. The number of likely N-dealkylation sites (tertiary alicyclic amines) is 1. The van der Waals surface area contributed by atoms with Gasteiger partial charge in [0.15, 0.2) is 0 Å². The number of benzene rings is 1. The summed E-state index contributed by atoms with van der Waals surface area (Å²) in [5.74, 6) is 0.933. The highest BCUT2D eigenvalue weighted by Gasteiger charge is 2.32. The van der Waals surface area contributed by atoms with E-state index in [4.69, 9.17) is 4.74 Å². The van der Waals surface area contributed by atoms with E-state index in [-0.39, 0.29) is 0 Å². The lowest BCUT2D eigenvalue weighted by Gasteiger charge is -2.47. The molecule has 1 aliphatic heterocycles. The van der Waals surface area contributed by atoms with Gasteiger partial charge in [0.1, 0.15) is 5.75 Å². The second kappa shape index (κ2) is 5.49. The Morgan fingerprint density at radius 1 is 1.40 bits per heavy atom. The molecule has 2 aromatic rings. The Labute approximate surface area is 120 Å². The molecule has 0 amide bonds. The third kappa shape index (κ3) is 2.31. The first-order valence-corrected chi connectivity index (χ1v) is 7.62. The van der Waals surface area contributed by atoms with Crippen molar-refractivity contribution in [3.63, 3.8) is 0 Å². The molecule has 1 unspecified atom stereocenters. The number of rotatable bonds is 5. The van der Waals surface area contributed by atoms with Gasteiger partial charge in [-0.25, -0.2) is 0 Å². The molecule has 1 fully saturated rings. The number of methoxy groups -OCH3 is 1. The normalized spacial score (nSPS) is 22.9. The van der Waals surface area contributed by atoms with Crippen LogP contribution in [0, 0.1) is 0 Å². The smallest absolute Gasteiger partial charge is 0.119 e. The number of aromatic nitrogens is 1. The first-order valence-electron chi connectivity index (χ1n) is 7.62. The van der Waals surface area contributed by atoms with Gasteiger partial charge in [0.05, 0.1) is 7.11 Å². The SMILES string of the molecule is CCC1C[C@H](C)N1CCc1c[nH]c2ccc(OC)cc12. The number of nitrogens with zero attached hydrogens (tertiary/aromatic N) is 1. The van der Waals surface area contributed by atoms with Gasteiger partial charge in [0.25, 0.3) is 0 Å². The van der Waals surface area contributed by atoms with Gasteiger partial charge in [0.2, 0.25) is 0 Å². The largest absolute Gasteiger partial charge is 0.497 e. The summed E-state index contributed by atoms with van der Waals surface area (Å²) in [5, 5.41) is 1.30. The van der Waals surface area contributed by atoms with Crippen molar-refractivity contribution in [1.29, 1.82) is 0 Å². The lowest BCUT2D eigenvalue weighted by Crippen LogP contribution is -2.54. The topological polar surface area (TPSA) is 28.3 Å². The lowest BCUT2D eigenvalue weighted by atomic mass is 9.91. The van der Waals surface area contributed by atoms with Crippen LogP contribution < -0.4 is 4.74 Å². The van der Waals surface area contributed by atoms with E-state index in [9.17, 15) is 0 Å². The first kappa shape index (κ1) is 13.5. The number of nitrogens with one attached hydrogen (secondary N) is 1. The van der Waals surface area contributed by atoms with Gasteiger partial charge in [-0.2, -0.15) is 0 Å². The molecule has 1 saturated heterocycles. The van der Waals surface area contributed by atoms with E-state index in [2.05, 4.69) is 42.1 Å². The number of ether oxygens (including phenoxy) is 1. The highest BCUT2D eigenvalue weighted by atomic mass is 16.5. The number of H-pyrrole nitrogens is 1. The van der Waals surface area contributed by atoms with Crippen LogP contribution in [0.4, 0.5) is 0 Å². The summed E-state index contributed by atoms with van der Waals surface area (Å²) >= 11 is 0. The molecular formula is C17H24N2O. The first-order chi connectivity index (χ1) is 9.72. The predicted octanol–water partition coefficient (Wildman–Crippen LogP) is 3.59. The number of hydrogen-bond acceptors (Lipinski definition) is 2. The zero-order valence-electron chi connectivity index (χ0n) is 12.6. The fourth-order valence-corrected chi connectivity index (χ4v) is 3.43. The van der Waals surface area contributed by atoms with Crippen molar-refractivity contribution in [3.05, 3.63) is 30.0 Å². The zero-order valence-corrected chi connectivity index (χ0v) is 12.6. The maximum Gasteiger partial charge on any atom is 0.119 e. The maximum atomic E-state index is 5.33. The van der Waals surface area contributed by atoms with Crippen LogP contribution in [0.2, 0.25) is 0 Å². The third-order valence-electron chi connectivity index (χ3n) is 4.73. The summed E-state index contributed by atoms with van der Waals surface area (Å²) in [6, 6.07) is 7.79. The van der Waals surface area contributed by atoms with Gasteiger partial charge in [0, 0.05) is 35.7 Å². The Kier molecular flexibility index (Phi) is 3.70. The highest BCUT2D eigenvalue weighted by Crippen LogP contribution is 2.29. The molecule has 0 bridgehead atoms. The predicted molar refractivity (Wildman–Crippen MR) is 83.4 cm³/mol. The van der Waals surface area contributed by atoms with E-state index in [0.717, 1.165) is 30.8 Å². The summed E-state index contributed by atoms with van der Waals surface area (Å²) in [5.41, 5.74) is 2.59. The summed E-state index contributed by atoms with van der Waals surface area (Å²) < 4.78 is 5.33. The van der Waals surface area contributed by atoms with Crippen LogP contribution in [-0.4, -0.2) is 35.6 Å². The number of aromatic amines is 1. The minimum atomic E-state index is 0.750. The van der Waals surface area contributed by atoms with Gasteiger partial charge < -0.3 is 9.72 Å². The fraction of sp³-hybridized carbons (Fsp3) is 0.529. The quantitative estimate of drug-likeness (QED) is 0.901. The van der Waals surface area contributed by atoms with Crippen LogP contribution in [0.5, 0.6) is 5.75 Å². The summed E-state index contributed by atoms with van der Waals surface area (Å²) in [6.45, 7) is 5.79. The molecule has 0 radical (unpaired) electrons. The zero-order chi connectivity index (χ0) is 14.1. The standard InChI is InChI=1S/C17H24N2O/c1-4-14-9-12(2)19(14)8-7-13-11-18-17-6-5-15(20-3)10-16(13)17/h5-6,10-12,14,18H,4,7-9H2,1-3H3/t12-,14?/m0/s1. The average molecular weight is 272 g/mol. The molecule has 2 atom stereocenters. The molecule has 3 heteroatoms. The molecule has 1 aliphatic rings. The van der Waals surface area contributed by atoms with Crippen LogP contribution in [-0.2, 0) is 6.42 Å². The molecule has 1 aromatic carbocycles. The van der Waals surface area contributed by atoms with Gasteiger partial charge in [-0.1, -0.05) is 6.92 Å². The second-order valence-electron chi connectivity index (χ2n) is 5.86. The lowest BCUT2D eigenvalue weighted by molar-refractivity contribution is 0.0255. The molecule has 0 spiro atoms. The van der Waals surface area contributed by atoms with Crippen molar-refractivity contribution >= 4 is 10.9 Å². The van der Waals surface area contributed by atoms with Crippen molar-refractivity contribution in [2.75, 3.05) is 13.7 Å². The number of hydrogen-bond donors (Lipinski definition) is 1. The van der Waals surface area contributed by atoms with Crippen LogP contribution in [0.3, 0.4) is 0 Å². The molecule has 3 nitrogen and oxygen atoms in total. The average Bonchev–Trinajstić information content (AvgIpc) is 2.87.